The van der Waals surface area contributed by atoms with E-state index in [9.17, 15) is 8.42 Å². The van der Waals surface area contributed by atoms with Gasteiger partial charge in [-0.3, -0.25) is 4.90 Å². The molecule has 1 aliphatic heterocycles. The predicted molar refractivity (Wildman–Crippen MR) is 81.9 cm³/mol. The van der Waals surface area contributed by atoms with Crippen LogP contribution in [0.3, 0.4) is 0 Å². The highest BCUT2D eigenvalue weighted by Crippen LogP contribution is 2.13. The summed E-state index contributed by atoms with van der Waals surface area (Å²) < 4.78 is 28.0. The van der Waals surface area contributed by atoms with Crippen molar-refractivity contribution < 1.29 is 13.5 Å². The fourth-order valence-electron chi connectivity index (χ4n) is 2.44. The van der Waals surface area contributed by atoms with Gasteiger partial charge >= 0.3 is 0 Å². The molecule has 7 heteroatoms. The van der Waals surface area contributed by atoms with E-state index in [1.807, 2.05) is 30.3 Å². The maximum absolute atomic E-state index is 12.5. The number of rotatable bonds is 6. The highest BCUT2D eigenvalue weighted by molar-refractivity contribution is 7.86. The van der Waals surface area contributed by atoms with Crippen LogP contribution in [0.1, 0.15) is 5.56 Å². The minimum absolute atomic E-state index is 0.112. The van der Waals surface area contributed by atoms with Crippen LogP contribution in [0.4, 0.5) is 0 Å². The van der Waals surface area contributed by atoms with Gasteiger partial charge in [0.25, 0.3) is 10.2 Å². The summed E-state index contributed by atoms with van der Waals surface area (Å²) in [5.41, 5.74) is 0.975. The molecule has 1 saturated heterocycles. The average molecular weight is 313 g/mol. The molecule has 0 saturated carbocycles. The lowest BCUT2D eigenvalue weighted by molar-refractivity contribution is 0.148. The molecule has 0 atom stereocenters. The Hall–Kier alpha value is -0.990. The smallest absolute Gasteiger partial charge is 0.282 e. The summed E-state index contributed by atoms with van der Waals surface area (Å²) >= 11 is 0. The zero-order valence-corrected chi connectivity index (χ0v) is 13.2. The Morgan fingerprint density at radius 2 is 1.76 bits per heavy atom. The zero-order valence-electron chi connectivity index (χ0n) is 12.4. The summed E-state index contributed by atoms with van der Waals surface area (Å²) in [6, 6.07) is 9.57. The number of nitrogens with zero attached hydrogens (tertiary/aromatic N) is 3. The summed E-state index contributed by atoms with van der Waals surface area (Å²) in [6.07, 6.45) is 0. The molecule has 1 fully saturated rings. The van der Waals surface area contributed by atoms with Crippen LogP contribution in [-0.4, -0.2) is 73.4 Å². The van der Waals surface area contributed by atoms with Crippen molar-refractivity contribution in [3.05, 3.63) is 35.9 Å². The predicted octanol–water partition coefficient (Wildman–Crippen LogP) is -0.0269. The van der Waals surface area contributed by atoms with Gasteiger partial charge in [-0.1, -0.05) is 30.3 Å². The fourth-order valence-corrected chi connectivity index (χ4v) is 3.78. The lowest BCUT2D eigenvalue weighted by Gasteiger charge is -2.35. The zero-order chi connectivity index (χ0) is 15.3. The molecule has 0 amide bonds. The molecular formula is C14H23N3O3S. The highest BCUT2D eigenvalue weighted by atomic mass is 32.2. The van der Waals surface area contributed by atoms with Crippen molar-refractivity contribution in [1.29, 1.82) is 0 Å². The SMILES string of the molecule is CN(Cc1ccccc1)S(=O)(=O)N1CCN(CCO)CC1. The van der Waals surface area contributed by atoms with Crippen LogP contribution >= 0.6 is 0 Å². The molecule has 6 nitrogen and oxygen atoms in total. The Balaban J connectivity index is 1.95. The van der Waals surface area contributed by atoms with Crippen LogP contribution in [0, 0.1) is 0 Å². The Morgan fingerprint density at radius 3 is 2.33 bits per heavy atom. The van der Waals surface area contributed by atoms with Gasteiger partial charge in [-0.25, -0.2) is 0 Å². The van der Waals surface area contributed by atoms with Gasteiger partial charge in [0.15, 0.2) is 0 Å². The van der Waals surface area contributed by atoms with E-state index < -0.39 is 10.2 Å². The third kappa shape index (κ3) is 4.24. The number of β-amino-alcohol motifs (C(OH)–C–C–N with tert-alkyl or cyclic N) is 1. The maximum Gasteiger partial charge on any atom is 0.282 e. The van der Waals surface area contributed by atoms with E-state index in [-0.39, 0.29) is 6.61 Å². The van der Waals surface area contributed by atoms with Crippen LogP contribution in [0.5, 0.6) is 0 Å². The van der Waals surface area contributed by atoms with Gasteiger partial charge in [-0.2, -0.15) is 17.0 Å². The van der Waals surface area contributed by atoms with Gasteiger partial charge in [-0.15, -0.1) is 0 Å². The van der Waals surface area contributed by atoms with E-state index in [0.29, 0.717) is 39.3 Å². The fraction of sp³-hybridized carbons (Fsp3) is 0.571. The number of hydrogen-bond donors (Lipinski definition) is 1. The first kappa shape index (κ1) is 16.4. The van der Waals surface area contributed by atoms with Gasteiger partial charge in [0, 0.05) is 46.3 Å². The molecular weight excluding hydrogens is 290 g/mol. The van der Waals surface area contributed by atoms with Crippen molar-refractivity contribution in [3.63, 3.8) is 0 Å². The van der Waals surface area contributed by atoms with E-state index in [2.05, 4.69) is 4.90 Å². The van der Waals surface area contributed by atoms with E-state index >= 15 is 0 Å². The molecule has 21 heavy (non-hydrogen) atoms. The molecule has 0 bridgehead atoms. The van der Waals surface area contributed by atoms with Gasteiger partial charge in [0.2, 0.25) is 0 Å². The molecule has 0 radical (unpaired) electrons. The molecule has 1 aromatic carbocycles. The number of aliphatic hydroxyl groups is 1. The Morgan fingerprint density at radius 1 is 1.14 bits per heavy atom. The Kier molecular flexibility index (Phi) is 5.72. The molecule has 118 valence electrons. The molecule has 0 spiro atoms. The summed E-state index contributed by atoms with van der Waals surface area (Å²) in [4.78, 5) is 2.07. The van der Waals surface area contributed by atoms with Crippen LogP contribution < -0.4 is 0 Å². The van der Waals surface area contributed by atoms with Crippen molar-refractivity contribution >= 4 is 10.2 Å². The summed E-state index contributed by atoms with van der Waals surface area (Å²) in [6.45, 7) is 3.37. The first-order chi connectivity index (χ1) is 10.0. The second kappa shape index (κ2) is 7.33. The molecule has 1 heterocycles. The third-order valence-corrected chi connectivity index (χ3v) is 5.65. The van der Waals surface area contributed by atoms with Crippen molar-refractivity contribution in [1.82, 2.24) is 13.5 Å². The van der Waals surface area contributed by atoms with Gasteiger partial charge in [0.1, 0.15) is 0 Å². The summed E-state index contributed by atoms with van der Waals surface area (Å²) in [7, 11) is -1.81. The summed E-state index contributed by atoms with van der Waals surface area (Å²) in [5.74, 6) is 0. The number of aliphatic hydroxyl groups excluding tert-OH is 1. The minimum Gasteiger partial charge on any atom is -0.395 e. The molecule has 1 aliphatic rings. The second-order valence-corrected chi connectivity index (χ2v) is 7.25. The first-order valence-corrected chi connectivity index (χ1v) is 8.52. The largest absolute Gasteiger partial charge is 0.395 e. The quantitative estimate of drug-likeness (QED) is 0.801. The van der Waals surface area contributed by atoms with Crippen molar-refractivity contribution in [2.75, 3.05) is 46.4 Å². The van der Waals surface area contributed by atoms with Crippen LogP contribution in [0.25, 0.3) is 0 Å². The molecule has 0 aromatic heterocycles. The standard InChI is InChI=1S/C14H23N3O3S/c1-15(13-14-5-3-2-4-6-14)21(19,20)17-9-7-16(8-10-17)11-12-18/h2-6,18H,7-13H2,1H3. The molecule has 1 N–H and O–H groups in total. The van der Waals surface area contributed by atoms with Gasteiger partial charge < -0.3 is 5.11 Å². The molecule has 0 aliphatic carbocycles. The van der Waals surface area contributed by atoms with Crippen molar-refractivity contribution in [2.24, 2.45) is 0 Å². The van der Waals surface area contributed by atoms with Gasteiger partial charge in [0.05, 0.1) is 6.61 Å². The monoisotopic (exact) mass is 313 g/mol. The normalized spacial score (nSPS) is 18.2. The molecule has 2 rings (SSSR count). The maximum atomic E-state index is 12.5. The van der Waals surface area contributed by atoms with Crippen LogP contribution in [0.15, 0.2) is 30.3 Å². The number of benzene rings is 1. The number of hydrogen-bond acceptors (Lipinski definition) is 4. The first-order valence-electron chi connectivity index (χ1n) is 7.12. The minimum atomic E-state index is -3.42. The van der Waals surface area contributed by atoms with Gasteiger partial charge in [-0.05, 0) is 5.56 Å². The van der Waals surface area contributed by atoms with E-state index in [0.717, 1.165) is 5.56 Å². The average Bonchev–Trinajstić information content (AvgIpc) is 2.49. The molecule has 0 unspecified atom stereocenters. The molecule has 1 aromatic rings. The topological polar surface area (TPSA) is 64.1 Å². The van der Waals surface area contributed by atoms with Crippen molar-refractivity contribution in [3.8, 4) is 0 Å². The highest BCUT2D eigenvalue weighted by Gasteiger charge is 2.30. The van der Waals surface area contributed by atoms with Crippen LogP contribution in [0.2, 0.25) is 0 Å². The third-order valence-electron chi connectivity index (χ3n) is 3.72. The van der Waals surface area contributed by atoms with Crippen LogP contribution in [-0.2, 0) is 16.8 Å². The lowest BCUT2D eigenvalue weighted by Crippen LogP contribution is -2.52. The van der Waals surface area contributed by atoms with E-state index in [4.69, 9.17) is 5.11 Å². The van der Waals surface area contributed by atoms with E-state index in [1.54, 1.807) is 7.05 Å². The summed E-state index contributed by atoms with van der Waals surface area (Å²) in [5, 5.41) is 8.91. The Bertz CT molecular complexity index is 528. The lowest BCUT2D eigenvalue weighted by atomic mass is 10.2. The second-order valence-electron chi connectivity index (χ2n) is 5.21. The Labute approximate surface area is 126 Å². The number of piperazine rings is 1. The van der Waals surface area contributed by atoms with Crippen molar-refractivity contribution in [2.45, 2.75) is 6.54 Å². The van der Waals surface area contributed by atoms with E-state index in [1.165, 1.54) is 8.61 Å².